The maximum absolute atomic E-state index is 6.34. The Kier molecular flexibility index (Phi) is 4.23. The first-order valence-corrected chi connectivity index (χ1v) is 8.97. The van der Waals surface area contributed by atoms with E-state index in [1.807, 2.05) is 18.2 Å². The summed E-state index contributed by atoms with van der Waals surface area (Å²) in [6.07, 6.45) is 1.30. The van der Waals surface area contributed by atoms with Crippen LogP contribution in [0, 0.1) is 0 Å². The van der Waals surface area contributed by atoms with E-state index in [0.717, 1.165) is 48.8 Å². The van der Waals surface area contributed by atoms with E-state index >= 15 is 0 Å². The number of benzene rings is 2. The van der Waals surface area contributed by atoms with Crippen molar-refractivity contribution in [1.29, 1.82) is 0 Å². The van der Waals surface area contributed by atoms with Gasteiger partial charge in [-0.3, -0.25) is 4.90 Å². The Morgan fingerprint density at radius 2 is 1.61 bits per heavy atom. The highest BCUT2D eigenvalue weighted by Gasteiger charge is 2.43. The summed E-state index contributed by atoms with van der Waals surface area (Å²) in [6, 6.07) is 17.4. The normalized spacial score (nSPS) is 24.7. The first kappa shape index (κ1) is 15.3. The zero-order valence-corrected chi connectivity index (χ0v) is 14.5. The maximum atomic E-state index is 6.34. The van der Waals surface area contributed by atoms with E-state index in [-0.39, 0.29) is 0 Å². The Morgan fingerprint density at radius 3 is 2.30 bits per heavy atom. The van der Waals surface area contributed by atoms with Gasteiger partial charge in [0.25, 0.3) is 0 Å². The lowest BCUT2D eigenvalue weighted by atomic mass is 10.1. The molecule has 1 aliphatic carbocycles. The summed E-state index contributed by atoms with van der Waals surface area (Å²) in [5.74, 6) is 0.724. The molecule has 4 rings (SSSR count). The zero-order chi connectivity index (χ0) is 15.8. The second-order valence-corrected chi connectivity index (χ2v) is 7.28. The molecule has 2 aliphatic rings. The highest BCUT2D eigenvalue weighted by Crippen LogP contribution is 2.45. The number of anilines is 1. The minimum Gasteiger partial charge on any atom is -0.368 e. The lowest BCUT2D eigenvalue weighted by molar-refractivity contribution is 0.244. The van der Waals surface area contributed by atoms with Crippen molar-refractivity contribution in [2.75, 3.05) is 31.1 Å². The molecule has 1 aliphatic heterocycles. The predicted octanol–water partition coefficient (Wildman–Crippen LogP) is 4.67. The maximum Gasteiger partial charge on any atom is 0.0654 e. The summed E-state index contributed by atoms with van der Waals surface area (Å²) in [7, 11) is 0. The zero-order valence-electron chi connectivity index (χ0n) is 13.0. The molecule has 1 saturated heterocycles. The lowest BCUT2D eigenvalue weighted by Gasteiger charge is -2.37. The van der Waals surface area contributed by atoms with Crippen molar-refractivity contribution in [3.8, 4) is 0 Å². The van der Waals surface area contributed by atoms with E-state index in [1.165, 1.54) is 12.0 Å². The Bertz CT molecular complexity index is 681. The van der Waals surface area contributed by atoms with Crippen LogP contribution in [0.2, 0.25) is 10.0 Å². The van der Waals surface area contributed by atoms with Crippen LogP contribution in [0.5, 0.6) is 0 Å². The van der Waals surface area contributed by atoms with Crippen LogP contribution in [0.25, 0.3) is 0 Å². The number of nitrogens with zero attached hydrogens (tertiary/aromatic N) is 2. The molecule has 2 nitrogen and oxygen atoms in total. The molecule has 2 aromatic rings. The fraction of sp³-hybridized carbons (Fsp3) is 0.368. The Balaban J connectivity index is 1.37. The summed E-state index contributed by atoms with van der Waals surface area (Å²) in [6.45, 7) is 4.26. The van der Waals surface area contributed by atoms with Crippen LogP contribution < -0.4 is 4.90 Å². The second kappa shape index (κ2) is 6.35. The molecule has 2 atom stereocenters. The van der Waals surface area contributed by atoms with Gasteiger partial charge < -0.3 is 4.90 Å². The van der Waals surface area contributed by atoms with Crippen molar-refractivity contribution in [2.45, 2.75) is 18.4 Å². The Hall–Kier alpha value is -1.22. The molecule has 0 N–H and O–H groups in total. The van der Waals surface area contributed by atoms with Gasteiger partial charge in [-0.25, -0.2) is 0 Å². The molecule has 120 valence electrons. The lowest BCUT2D eigenvalue weighted by Crippen LogP contribution is -2.47. The molecule has 0 amide bonds. The molecule has 0 bridgehead atoms. The average molecular weight is 347 g/mol. The molecule has 4 heteroatoms. The molecule has 23 heavy (non-hydrogen) atoms. The van der Waals surface area contributed by atoms with Gasteiger partial charge in [0, 0.05) is 43.2 Å². The largest absolute Gasteiger partial charge is 0.368 e. The van der Waals surface area contributed by atoms with Gasteiger partial charge in [-0.2, -0.15) is 0 Å². The van der Waals surface area contributed by atoms with E-state index in [0.29, 0.717) is 5.02 Å². The van der Waals surface area contributed by atoms with E-state index in [1.54, 1.807) is 0 Å². The number of rotatable bonds is 3. The van der Waals surface area contributed by atoms with Crippen molar-refractivity contribution in [2.24, 2.45) is 0 Å². The molecule has 0 radical (unpaired) electrons. The Labute approximate surface area is 147 Å². The third kappa shape index (κ3) is 3.21. The SMILES string of the molecule is Clc1ccc(N2CCN([C@@H]3C[C@H]3c3ccccc3)CC2)c(Cl)c1. The minimum absolute atomic E-state index is 0.695. The van der Waals surface area contributed by atoms with Gasteiger partial charge in [-0.1, -0.05) is 53.5 Å². The molecule has 2 aromatic carbocycles. The van der Waals surface area contributed by atoms with Gasteiger partial charge in [0.1, 0.15) is 0 Å². The van der Waals surface area contributed by atoms with Crippen molar-refractivity contribution in [3.05, 3.63) is 64.1 Å². The Morgan fingerprint density at radius 1 is 0.870 bits per heavy atom. The van der Waals surface area contributed by atoms with Crippen LogP contribution in [0.3, 0.4) is 0 Å². The van der Waals surface area contributed by atoms with E-state index in [2.05, 4.69) is 40.1 Å². The summed E-state index contributed by atoms with van der Waals surface area (Å²) in [4.78, 5) is 5.01. The molecular weight excluding hydrogens is 327 g/mol. The van der Waals surface area contributed by atoms with Crippen LogP contribution in [-0.2, 0) is 0 Å². The number of hydrogen-bond donors (Lipinski definition) is 0. The number of piperazine rings is 1. The molecule has 1 saturated carbocycles. The van der Waals surface area contributed by atoms with Crippen LogP contribution in [0.4, 0.5) is 5.69 Å². The van der Waals surface area contributed by atoms with Crippen molar-refractivity contribution >= 4 is 28.9 Å². The average Bonchev–Trinajstić information content (AvgIpc) is 3.37. The van der Waals surface area contributed by atoms with Gasteiger partial charge >= 0.3 is 0 Å². The highest BCUT2D eigenvalue weighted by atomic mass is 35.5. The second-order valence-electron chi connectivity index (χ2n) is 6.44. The van der Waals surface area contributed by atoms with Gasteiger partial charge in [-0.05, 0) is 30.2 Å². The molecule has 0 spiro atoms. The van der Waals surface area contributed by atoms with E-state index in [9.17, 15) is 0 Å². The number of hydrogen-bond acceptors (Lipinski definition) is 2. The molecule has 1 heterocycles. The highest BCUT2D eigenvalue weighted by molar-refractivity contribution is 6.36. The van der Waals surface area contributed by atoms with E-state index < -0.39 is 0 Å². The smallest absolute Gasteiger partial charge is 0.0654 e. The van der Waals surface area contributed by atoms with Crippen LogP contribution in [0.15, 0.2) is 48.5 Å². The van der Waals surface area contributed by atoms with Gasteiger partial charge in [0.2, 0.25) is 0 Å². The predicted molar refractivity (Wildman–Crippen MR) is 97.8 cm³/mol. The summed E-state index contributed by atoms with van der Waals surface area (Å²) >= 11 is 12.3. The number of halogens is 2. The summed E-state index contributed by atoms with van der Waals surface area (Å²) in [5.41, 5.74) is 2.59. The van der Waals surface area contributed by atoms with Crippen LogP contribution >= 0.6 is 23.2 Å². The van der Waals surface area contributed by atoms with Crippen molar-refractivity contribution in [1.82, 2.24) is 4.90 Å². The topological polar surface area (TPSA) is 6.48 Å². The quantitative estimate of drug-likeness (QED) is 0.796. The first-order valence-electron chi connectivity index (χ1n) is 8.21. The third-order valence-corrected chi connectivity index (χ3v) is 5.56. The fourth-order valence-electron chi connectivity index (χ4n) is 3.68. The molecule has 0 unspecified atom stereocenters. The van der Waals surface area contributed by atoms with E-state index in [4.69, 9.17) is 23.2 Å². The molecule has 2 fully saturated rings. The molecular formula is C19H20Cl2N2. The third-order valence-electron chi connectivity index (χ3n) is 5.02. The standard InChI is InChI=1S/C19H20Cl2N2/c20-15-6-7-18(17(21)12-15)22-8-10-23(11-9-22)19-13-16(19)14-4-2-1-3-5-14/h1-7,12,16,19H,8-11,13H2/t16-,19+/m0/s1. The van der Waals surface area contributed by atoms with Gasteiger partial charge in [0.15, 0.2) is 0 Å². The van der Waals surface area contributed by atoms with Crippen LogP contribution in [0.1, 0.15) is 17.9 Å². The molecule has 0 aromatic heterocycles. The summed E-state index contributed by atoms with van der Waals surface area (Å²) in [5, 5.41) is 1.45. The van der Waals surface area contributed by atoms with Crippen molar-refractivity contribution < 1.29 is 0 Å². The van der Waals surface area contributed by atoms with Crippen molar-refractivity contribution in [3.63, 3.8) is 0 Å². The monoisotopic (exact) mass is 346 g/mol. The van der Waals surface area contributed by atoms with Gasteiger partial charge in [-0.15, -0.1) is 0 Å². The van der Waals surface area contributed by atoms with Crippen LogP contribution in [-0.4, -0.2) is 37.1 Å². The fourth-order valence-corrected chi connectivity index (χ4v) is 4.20. The van der Waals surface area contributed by atoms with Gasteiger partial charge in [0.05, 0.1) is 10.7 Å². The minimum atomic E-state index is 0.695. The summed E-state index contributed by atoms with van der Waals surface area (Å²) < 4.78 is 0. The first-order chi connectivity index (χ1) is 11.2.